The number of nitrogens with zero attached hydrogens (tertiary/aromatic N) is 4. The number of hydrogen-bond donors (Lipinski definition) is 1. The first-order valence-corrected chi connectivity index (χ1v) is 6.77. The lowest BCUT2D eigenvalue weighted by Crippen LogP contribution is -2.21. The Morgan fingerprint density at radius 2 is 2.15 bits per heavy atom. The second-order valence-electron chi connectivity index (χ2n) is 4.39. The van der Waals surface area contributed by atoms with Gasteiger partial charge in [0.2, 0.25) is 5.28 Å². The van der Waals surface area contributed by atoms with Gasteiger partial charge < -0.3 is 5.32 Å². The summed E-state index contributed by atoms with van der Waals surface area (Å²) in [4.78, 5) is 7.96. The van der Waals surface area contributed by atoms with Crippen LogP contribution in [0, 0.1) is 0 Å². The fourth-order valence-electron chi connectivity index (χ4n) is 1.84. The van der Waals surface area contributed by atoms with Crippen LogP contribution in [0.1, 0.15) is 6.92 Å². The summed E-state index contributed by atoms with van der Waals surface area (Å²) in [6.45, 7) is 2.07. The van der Waals surface area contributed by atoms with Crippen molar-refractivity contribution in [1.29, 1.82) is 0 Å². The van der Waals surface area contributed by atoms with Crippen molar-refractivity contribution in [1.82, 2.24) is 25.1 Å². The lowest BCUT2D eigenvalue weighted by Gasteiger charge is -2.14. The van der Waals surface area contributed by atoms with Gasteiger partial charge >= 0.3 is 0 Å². The molecule has 1 N–H and O–H groups in total. The van der Waals surface area contributed by atoms with E-state index >= 15 is 0 Å². The van der Waals surface area contributed by atoms with Crippen molar-refractivity contribution in [3.63, 3.8) is 0 Å². The zero-order chi connectivity index (χ0) is 14.1. The summed E-state index contributed by atoms with van der Waals surface area (Å²) in [6, 6.07) is 0.323. The zero-order valence-corrected chi connectivity index (χ0v) is 12.1. The summed E-state index contributed by atoms with van der Waals surface area (Å²) in [5.41, 5.74) is 2.29. The molecule has 0 spiro atoms. The standard InChI is InChI=1S/C13H11Cl2N5/c1-8-2-3-10(5-16-8)20-7-9(4-18-20)12-11(14)6-17-13(15)19-12/h2-8,16H,1H3. The van der Waals surface area contributed by atoms with Crippen molar-refractivity contribution in [2.75, 3.05) is 0 Å². The van der Waals surface area contributed by atoms with Crippen LogP contribution in [0.15, 0.2) is 36.9 Å². The van der Waals surface area contributed by atoms with Gasteiger partial charge in [0.25, 0.3) is 0 Å². The van der Waals surface area contributed by atoms with Gasteiger partial charge in [0, 0.05) is 24.0 Å². The molecule has 0 saturated heterocycles. The molecule has 0 aromatic carbocycles. The number of dihydropyridines is 1. The Balaban J connectivity index is 1.95. The summed E-state index contributed by atoms with van der Waals surface area (Å²) in [5, 5.41) is 8.12. The highest BCUT2D eigenvalue weighted by atomic mass is 35.5. The van der Waals surface area contributed by atoms with Gasteiger partial charge in [0.05, 0.1) is 28.8 Å². The SMILES string of the molecule is CC1C=CC(n2cc(-c3nc(Cl)ncc3Cl)cn2)=CN1. The van der Waals surface area contributed by atoms with Crippen molar-refractivity contribution in [3.05, 3.63) is 47.2 Å². The molecule has 3 heterocycles. The molecule has 0 fully saturated rings. The van der Waals surface area contributed by atoms with Gasteiger partial charge in [-0.25, -0.2) is 14.6 Å². The fraction of sp³-hybridized carbons (Fsp3) is 0.154. The molecule has 3 rings (SSSR count). The minimum absolute atomic E-state index is 0.157. The zero-order valence-electron chi connectivity index (χ0n) is 10.6. The average molecular weight is 308 g/mol. The number of aromatic nitrogens is 4. The van der Waals surface area contributed by atoms with Crippen LogP contribution in [0.25, 0.3) is 17.0 Å². The van der Waals surface area contributed by atoms with Crippen LogP contribution >= 0.6 is 23.2 Å². The Labute approximate surface area is 125 Å². The average Bonchev–Trinajstić information content (AvgIpc) is 2.92. The van der Waals surface area contributed by atoms with Crippen molar-refractivity contribution in [2.45, 2.75) is 13.0 Å². The van der Waals surface area contributed by atoms with Crippen molar-refractivity contribution >= 4 is 28.9 Å². The highest BCUT2D eigenvalue weighted by molar-refractivity contribution is 6.33. The third-order valence-corrected chi connectivity index (χ3v) is 3.34. The molecular formula is C13H11Cl2N5. The molecule has 0 bridgehead atoms. The molecule has 2 aromatic heterocycles. The highest BCUT2D eigenvalue weighted by Crippen LogP contribution is 2.26. The van der Waals surface area contributed by atoms with Crippen LogP contribution < -0.4 is 5.32 Å². The Kier molecular flexibility index (Phi) is 3.46. The Morgan fingerprint density at radius 1 is 1.30 bits per heavy atom. The third-order valence-electron chi connectivity index (χ3n) is 2.89. The van der Waals surface area contributed by atoms with Crippen LogP contribution in [0.3, 0.4) is 0 Å². The largest absolute Gasteiger partial charge is 0.383 e. The minimum atomic E-state index is 0.157. The molecule has 2 aromatic rings. The summed E-state index contributed by atoms with van der Waals surface area (Å²) >= 11 is 11.9. The maximum atomic E-state index is 6.08. The predicted octanol–water partition coefficient (Wildman–Crippen LogP) is 2.99. The van der Waals surface area contributed by atoms with E-state index < -0.39 is 0 Å². The molecule has 102 valence electrons. The van der Waals surface area contributed by atoms with E-state index in [4.69, 9.17) is 23.2 Å². The van der Waals surface area contributed by atoms with E-state index in [-0.39, 0.29) is 5.28 Å². The second kappa shape index (κ2) is 5.26. The third kappa shape index (κ3) is 2.55. The molecule has 5 nitrogen and oxygen atoms in total. The molecule has 0 aliphatic carbocycles. The summed E-state index contributed by atoms with van der Waals surface area (Å²) in [5.74, 6) is 0. The van der Waals surface area contributed by atoms with E-state index in [1.807, 2.05) is 18.5 Å². The monoisotopic (exact) mass is 307 g/mol. The van der Waals surface area contributed by atoms with Crippen LogP contribution in [0.2, 0.25) is 10.3 Å². The van der Waals surface area contributed by atoms with E-state index in [9.17, 15) is 0 Å². The van der Waals surface area contributed by atoms with Gasteiger partial charge in [-0.2, -0.15) is 5.10 Å². The van der Waals surface area contributed by atoms with Crippen LogP contribution in [-0.4, -0.2) is 25.8 Å². The summed E-state index contributed by atoms with van der Waals surface area (Å²) in [6.07, 6.45) is 11.0. The lowest BCUT2D eigenvalue weighted by atomic mass is 10.2. The molecule has 0 saturated carbocycles. The van der Waals surface area contributed by atoms with E-state index in [1.165, 1.54) is 6.20 Å². The van der Waals surface area contributed by atoms with E-state index in [2.05, 4.69) is 33.4 Å². The lowest BCUT2D eigenvalue weighted by molar-refractivity contribution is 0.749. The number of nitrogens with one attached hydrogen (secondary N) is 1. The number of allylic oxidation sites excluding steroid dienone is 2. The molecule has 1 aliphatic rings. The number of halogens is 2. The quantitative estimate of drug-likeness (QED) is 0.867. The molecule has 1 atom stereocenters. The minimum Gasteiger partial charge on any atom is -0.383 e. The molecule has 0 radical (unpaired) electrons. The normalized spacial score (nSPS) is 17.8. The summed E-state index contributed by atoms with van der Waals surface area (Å²) in [7, 11) is 0. The molecule has 20 heavy (non-hydrogen) atoms. The van der Waals surface area contributed by atoms with Gasteiger partial charge in [-0.15, -0.1) is 0 Å². The maximum Gasteiger partial charge on any atom is 0.222 e. The van der Waals surface area contributed by atoms with Crippen molar-refractivity contribution in [3.8, 4) is 11.3 Å². The Hall–Kier alpha value is -1.85. The van der Waals surface area contributed by atoms with Gasteiger partial charge in [-0.1, -0.05) is 17.7 Å². The topological polar surface area (TPSA) is 55.6 Å². The van der Waals surface area contributed by atoms with E-state index in [0.29, 0.717) is 16.8 Å². The molecule has 0 amide bonds. The predicted molar refractivity (Wildman–Crippen MR) is 79.3 cm³/mol. The van der Waals surface area contributed by atoms with Gasteiger partial charge in [0.1, 0.15) is 0 Å². The second-order valence-corrected chi connectivity index (χ2v) is 5.14. The fourth-order valence-corrected chi connectivity index (χ4v) is 2.17. The Morgan fingerprint density at radius 3 is 2.90 bits per heavy atom. The molecule has 7 heteroatoms. The first-order valence-electron chi connectivity index (χ1n) is 6.01. The molecular weight excluding hydrogens is 297 g/mol. The van der Waals surface area contributed by atoms with Gasteiger partial charge in [0.15, 0.2) is 0 Å². The first-order chi connectivity index (χ1) is 9.63. The first kappa shape index (κ1) is 13.1. The van der Waals surface area contributed by atoms with E-state index in [0.717, 1.165) is 11.3 Å². The molecule has 1 unspecified atom stereocenters. The number of hydrogen-bond acceptors (Lipinski definition) is 4. The Bertz CT molecular complexity index is 705. The van der Waals surface area contributed by atoms with Crippen molar-refractivity contribution in [2.24, 2.45) is 0 Å². The van der Waals surface area contributed by atoms with Gasteiger partial charge in [-0.05, 0) is 24.6 Å². The van der Waals surface area contributed by atoms with Gasteiger partial charge in [-0.3, -0.25) is 0 Å². The van der Waals surface area contributed by atoms with Crippen molar-refractivity contribution < 1.29 is 0 Å². The maximum absolute atomic E-state index is 6.08. The van der Waals surface area contributed by atoms with Crippen LogP contribution in [-0.2, 0) is 0 Å². The van der Waals surface area contributed by atoms with E-state index in [1.54, 1.807) is 10.9 Å². The number of rotatable bonds is 2. The summed E-state index contributed by atoms with van der Waals surface area (Å²) < 4.78 is 1.75. The highest BCUT2D eigenvalue weighted by Gasteiger charge is 2.11. The van der Waals surface area contributed by atoms with Crippen LogP contribution in [0.4, 0.5) is 0 Å². The van der Waals surface area contributed by atoms with Crippen LogP contribution in [0.5, 0.6) is 0 Å². The smallest absolute Gasteiger partial charge is 0.222 e. The molecule has 1 aliphatic heterocycles.